The summed E-state index contributed by atoms with van der Waals surface area (Å²) >= 11 is 0. The zero-order valence-electron chi connectivity index (χ0n) is 50.5. The largest absolute Gasteiger partial charge is 0.466 e. The van der Waals surface area contributed by atoms with E-state index in [0.29, 0.717) is 25.9 Å². The topological polar surface area (TPSA) is 95.9 Å². The van der Waals surface area contributed by atoms with Gasteiger partial charge in [0, 0.05) is 12.8 Å². The molecule has 1 amide bonds. The number of aliphatic hydroxyl groups is 2. The average molecular weight is 1050 g/mol. The predicted molar refractivity (Wildman–Crippen MR) is 329 cm³/mol. The zero-order chi connectivity index (χ0) is 54.3. The maximum absolute atomic E-state index is 12.5. The summed E-state index contributed by atoms with van der Waals surface area (Å²) in [4.78, 5) is 24.6. The lowest BCUT2D eigenvalue weighted by Crippen LogP contribution is -2.45. The molecule has 0 spiro atoms. The molecule has 0 aliphatic heterocycles. The Morgan fingerprint density at radius 3 is 1.05 bits per heavy atom. The van der Waals surface area contributed by atoms with Crippen LogP contribution in [0.25, 0.3) is 0 Å². The highest BCUT2D eigenvalue weighted by molar-refractivity contribution is 5.76. The van der Waals surface area contributed by atoms with E-state index in [1.165, 1.54) is 283 Å². The summed E-state index contributed by atoms with van der Waals surface area (Å²) in [6.45, 7) is 4.94. The molecular formula is C69H131NO5. The van der Waals surface area contributed by atoms with E-state index in [9.17, 15) is 19.8 Å². The summed E-state index contributed by atoms with van der Waals surface area (Å²) in [5.41, 5.74) is 0. The molecule has 6 heteroatoms. The van der Waals surface area contributed by atoms with E-state index in [1.54, 1.807) is 0 Å². The molecule has 0 saturated heterocycles. The summed E-state index contributed by atoms with van der Waals surface area (Å²) in [6.07, 6.45) is 81.7. The van der Waals surface area contributed by atoms with Crippen molar-refractivity contribution in [3.05, 3.63) is 36.5 Å². The number of allylic oxidation sites excluding steroid dienone is 6. The number of amides is 1. The van der Waals surface area contributed by atoms with E-state index in [0.717, 1.165) is 51.4 Å². The van der Waals surface area contributed by atoms with Gasteiger partial charge in [-0.3, -0.25) is 9.59 Å². The van der Waals surface area contributed by atoms with Crippen LogP contribution in [-0.2, 0) is 14.3 Å². The lowest BCUT2D eigenvalue weighted by Gasteiger charge is -2.22. The van der Waals surface area contributed by atoms with Crippen LogP contribution in [0.4, 0.5) is 0 Å². The summed E-state index contributed by atoms with van der Waals surface area (Å²) in [5, 5.41) is 23.4. The fourth-order valence-corrected chi connectivity index (χ4v) is 10.5. The van der Waals surface area contributed by atoms with Gasteiger partial charge in [0.15, 0.2) is 0 Å². The standard InChI is InChI=1S/C69H131NO5/c1-3-5-7-9-11-13-15-17-19-20-21-22-23-24-27-30-34-37-41-45-49-53-57-61-67(72)66(65-71)70-68(73)62-58-54-50-46-42-38-35-31-28-25-26-29-32-36-40-44-48-52-56-60-64-75-69(74)63-59-55-51-47-43-39-33-18-16-14-12-10-8-6-4-2/h12,14,18,25,28,33,66-67,71-72H,3-11,13,15-17,19-24,26-27,29-32,34-65H2,1-2H3,(H,70,73)/b14-12-,28-25-,33-18-. The molecule has 0 heterocycles. The molecule has 3 N–H and O–H groups in total. The molecule has 0 aliphatic rings. The predicted octanol–water partition coefficient (Wildman–Crippen LogP) is 21.5. The molecule has 2 atom stereocenters. The third-order valence-corrected chi connectivity index (χ3v) is 15.7. The Balaban J connectivity index is 3.44. The molecule has 6 nitrogen and oxygen atoms in total. The van der Waals surface area contributed by atoms with Crippen LogP contribution in [-0.4, -0.2) is 47.4 Å². The number of esters is 1. The van der Waals surface area contributed by atoms with Gasteiger partial charge in [0.1, 0.15) is 0 Å². The van der Waals surface area contributed by atoms with Crippen LogP contribution in [0.5, 0.6) is 0 Å². The molecule has 0 aromatic carbocycles. The molecule has 442 valence electrons. The van der Waals surface area contributed by atoms with Crippen LogP contribution in [0.15, 0.2) is 36.5 Å². The van der Waals surface area contributed by atoms with Gasteiger partial charge in [0.05, 0.1) is 25.4 Å². The van der Waals surface area contributed by atoms with E-state index >= 15 is 0 Å². The normalized spacial score (nSPS) is 12.7. The number of ether oxygens (including phenoxy) is 1. The third kappa shape index (κ3) is 61.2. The molecule has 75 heavy (non-hydrogen) atoms. The van der Waals surface area contributed by atoms with E-state index in [2.05, 4.69) is 55.6 Å². The van der Waals surface area contributed by atoms with Gasteiger partial charge in [-0.2, -0.15) is 0 Å². The Morgan fingerprint density at radius 2 is 0.667 bits per heavy atom. The number of nitrogens with one attached hydrogen (secondary N) is 1. The molecule has 0 radical (unpaired) electrons. The fraction of sp³-hybridized carbons (Fsp3) is 0.884. The Bertz CT molecular complexity index is 1210. The van der Waals surface area contributed by atoms with Crippen LogP contribution in [0.3, 0.4) is 0 Å². The monoisotopic (exact) mass is 1050 g/mol. The van der Waals surface area contributed by atoms with Gasteiger partial charge >= 0.3 is 5.97 Å². The number of carbonyl (C=O) groups is 2. The lowest BCUT2D eigenvalue weighted by molar-refractivity contribution is -0.143. The second-order valence-corrected chi connectivity index (χ2v) is 23.1. The van der Waals surface area contributed by atoms with Crippen molar-refractivity contribution < 1.29 is 24.5 Å². The van der Waals surface area contributed by atoms with E-state index in [-0.39, 0.29) is 18.5 Å². The second kappa shape index (κ2) is 64.6. The molecule has 0 fully saturated rings. The number of carbonyl (C=O) groups excluding carboxylic acids is 2. The van der Waals surface area contributed by atoms with Crippen molar-refractivity contribution in [1.82, 2.24) is 5.32 Å². The van der Waals surface area contributed by atoms with E-state index in [1.807, 2.05) is 0 Å². The Morgan fingerprint density at radius 1 is 0.373 bits per heavy atom. The maximum atomic E-state index is 12.5. The zero-order valence-corrected chi connectivity index (χ0v) is 50.5. The molecule has 2 unspecified atom stereocenters. The summed E-state index contributed by atoms with van der Waals surface area (Å²) in [7, 11) is 0. The molecule has 0 rings (SSSR count). The highest BCUT2D eigenvalue weighted by atomic mass is 16.5. The highest BCUT2D eigenvalue weighted by Crippen LogP contribution is 2.18. The molecule has 0 saturated carbocycles. The van der Waals surface area contributed by atoms with E-state index in [4.69, 9.17) is 4.74 Å². The first-order valence-corrected chi connectivity index (χ1v) is 33.7. The molecule has 0 bridgehead atoms. The van der Waals surface area contributed by atoms with Gasteiger partial charge in [-0.15, -0.1) is 0 Å². The summed E-state index contributed by atoms with van der Waals surface area (Å²) < 4.78 is 5.48. The molecular weight excluding hydrogens is 923 g/mol. The summed E-state index contributed by atoms with van der Waals surface area (Å²) in [6, 6.07) is -0.550. The molecule has 0 aromatic rings. The minimum Gasteiger partial charge on any atom is -0.466 e. The Labute approximate surface area is 468 Å². The van der Waals surface area contributed by atoms with Crippen molar-refractivity contribution in [2.45, 2.75) is 379 Å². The first-order valence-electron chi connectivity index (χ1n) is 33.7. The number of rotatable bonds is 63. The van der Waals surface area contributed by atoms with Gasteiger partial charge in [0.2, 0.25) is 5.91 Å². The number of aliphatic hydroxyl groups excluding tert-OH is 2. The van der Waals surface area contributed by atoms with Crippen molar-refractivity contribution in [2.75, 3.05) is 13.2 Å². The van der Waals surface area contributed by atoms with Crippen molar-refractivity contribution in [1.29, 1.82) is 0 Å². The summed E-state index contributed by atoms with van der Waals surface area (Å²) in [5.74, 6) is -0.0475. The van der Waals surface area contributed by atoms with Crippen LogP contribution in [0.2, 0.25) is 0 Å². The van der Waals surface area contributed by atoms with E-state index < -0.39 is 12.1 Å². The van der Waals surface area contributed by atoms with Gasteiger partial charge in [-0.25, -0.2) is 0 Å². The third-order valence-electron chi connectivity index (χ3n) is 15.7. The van der Waals surface area contributed by atoms with Crippen LogP contribution in [0, 0.1) is 0 Å². The maximum Gasteiger partial charge on any atom is 0.305 e. The minimum atomic E-state index is -0.672. The highest BCUT2D eigenvalue weighted by Gasteiger charge is 2.20. The van der Waals surface area contributed by atoms with Crippen molar-refractivity contribution in [3.8, 4) is 0 Å². The Kier molecular flexibility index (Phi) is 63.0. The first-order chi connectivity index (χ1) is 37.0. The van der Waals surface area contributed by atoms with Gasteiger partial charge < -0.3 is 20.3 Å². The fourth-order valence-electron chi connectivity index (χ4n) is 10.5. The van der Waals surface area contributed by atoms with Gasteiger partial charge in [-0.1, -0.05) is 307 Å². The average Bonchev–Trinajstić information content (AvgIpc) is 3.41. The minimum absolute atomic E-state index is 0.00720. The molecule has 0 aromatic heterocycles. The molecule has 0 aliphatic carbocycles. The van der Waals surface area contributed by atoms with Crippen molar-refractivity contribution >= 4 is 11.9 Å². The van der Waals surface area contributed by atoms with Crippen molar-refractivity contribution in [3.63, 3.8) is 0 Å². The quantitative estimate of drug-likeness (QED) is 0.0320. The first kappa shape index (κ1) is 73.1. The van der Waals surface area contributed by atoms with Gasteiger partial charge in [-0.05, 0) is 83.5 Å². The van der Waals surface area contributed by atoms with Gasteiger partial charge in [0.25, 0.3) is 0 Å². The SMILES string of the molecule is CCCCC/C=C\C/C=C\CCCCCCCC(=O)OCCCCCCCCCCC/C=C\CCCCCCCCCC(=O)NC(CO)C(O)CCCCCCCCCCCCCCCCCCCCCCCCC. The Hall–Kier alpha value is -1.92. The number of hydrogen-bond donors (Lipinski definition) is 3. The lowest BCUT2D eigenvalue weighted by atomic mass is 10.0. The number of unbranched alkanes of at least 4 members (excludes halogenated alkanes) is 46. The number of hydrogen-bond acceptors (Lipinski definition) is 5. The van der Waals surface area contributed by atoms with Crippen LogP contribution in [0.1, 0.15) is 367 Å². The second-order valence-electron chi connectivity index (χ2n) is 23.1. The van der Waals surface area contributed by atoms with Crippen LogP contribution >= 0.6 is 0 Å². The van der Waals surface area contributed by atoms with Crippen molar-refractivity contribution in [2.24, 2.45) is 0 Å². The smallest absolute Gasteiger partial charge is 0.305 e. The van der Waals surface area contributed by atoms with Crippen LogP contribution < -0.4 is 5.32 Å².